The van der Waals surface area contributed by atoms with E-state index in [1.807, 2.05) is 19.0 Å². The molecule has 0 aliphatic rings. The van der Waals surface area contributed by atoms with Crippen molar-refractivity contribution >= 4 is 11.6 Å². The number of amides is 1. The van der Waals surface area contributed by atoms with Crippen LogP contribution in [0.25, 0.3) is 0 Å². The predicted octanol–water partition coefficient (Wildman–Crippen LogP) is 2.12. The minimum Gasteiger partial charge on any atom is -0.380 e. The van der Waals surface area contributed by atoms with Crippen molar-refractivity contribution < 1.29 is 9.18 Å². The Balaban J connectivity index is 1.84. The molecule has 0 fully saturated rings. The maximum Gasteiger partial charge on any atom is 0.269 e. The van der Waals surface area contributed by atoms with E-state index in [-0.39, 0.29) is 11.7 Å². The number of carbonyl (C=O) groups is 1. The number of pyridine rings is 1. The molecule has 0 atom stereocenters. The highest BCUT2D eigenvalue weighted by atomic mass is 19.1. The minimum atomic E-state index is -0.250. The van der Waals surface area contributed by atoms with Crippen LogP contribution in [0.1, 0.15) is 16.1 Å². The van der Waals surface area contributed by atoms with E-state index in [9.17, 15) is 9.18 Å². The molecule has 23 heavy (non-hydrogen) atoms. The number of nitrogens with zero attached hydrogens (tertiary/aromatic N) is 2. The lowest BCUT2D eigenvalue weighted by molar-refractivity contribution is 0.0946. The topological polar surface area (TPSA) is 57.3 Å². The Morgan fingerprint density at radius 3 is 2.52 bits per heavy atom. The molecule has 1 amide bonds. The molecule has 0 unspecified atom stereocenters. The molecule has 6 heteroatoms. The van der Waals surface area contributed by atoms with Gasteiger partial charge in [-0.05, 0) is 43.9 Å². The molecule has 0 bridgehead atoms. The van der Waals surface area contributed by atoms with Crippen LogP contribution in [-0.2, 0) is 6.54 Å². The number of hydrogen-bond acceptors (Lipinski definition) is 4. The van der Waals surface area contributed by atoms with Gasteiger partial charge in [-0.25, -0.2) is 9.37 Å². The van der Waals surface area contributed by atoms with E-state index in [2.05, 4.69) is 15.6 Å². The van der Waals surface area contributed by atoms with Crippen LogP contribution in [0, 0.1) is 5.82 Å². The van der Waals surface area contributed by atoms with Crippen LogP contribution in [0.3, 0.4) is 0 Å². The summed E-state index contributed by atoms with van der Waals surface area (Å²) >= 11 is 0. The normalized spacial score (nSPS) is 10.6. The average Bonchev–Trinajstić information content (AvgIpc) is 2.54. The number of halogens is 1. The average molecular weight is 316 g/mol. The molecule has 0 saturated heterocycles. The Hall–Kier alpha value is -2.47. The second kappa shape index (κ2) is 8.24. The summed E-state index contributed by atoms with van der Waals surface area (Å²) in [4.78, 5) is 18.1. The van der Waals surface area contributed by atoms with E-state index < -0.39 is 0 Å². The molecule has 0 radical (unpaired) electrons. The van der Waals surface area contributed by atoms with Gasteiger partial charge in [0.1, 0.15) is 11.5 Å². The monoisotopic (exact) mass is 316 g/mol. The molecule has 122 valence electrons. The number of likely N-dealkylation sites (N-methyl/N-ethyl adjacent to an activating group) is 1. The summed E-state index contributed by atoms with van der Waals surface area (Å²) in [5.41, 5.74) is 2.16. The fourth-order valence-electron chi connectivity index (χ4n) is 1.92. The van der Waals surface area contributed by atoms with Crippen LogP contribution in [0.2, 0.25) is 0 Å². The summed E-state index contributed by atoms with van der Waals surface area (Å²) in [7, 11) is 3.90. The van der Waals surface area contributed by atoms with Gasteiger partial charge in [0, 0.05) is 19.6 Å². The molecule has 2 N–H and O–H groups in total. The van der Waals surface area contributed by atoms with Crippen molar-refractivity contribution in [1.82, 2.24) is 15.2 Å². The van der Waals surface area contributed by atoms with Crippen molar-refractivity contribution in [2.45, 2.75) is 6.54 Å². The molecular weight excluding hydrogens is 295 g/mol. The zero-order valence-corrected chi connectivity index (χ0v) is 13.3. The number of rotatable bonds is 7. The second-order valence-corrected chi connectivity index (χ2v) is 5.47. The van der Waals surface area contributed by atoms with Crippen molar-refractivity contribution in [3.05, 3.63) is 59.7 Å². The molecule has 5 nitrogen and oxygen atoms in total. The van der Waals surface area contributed by atoms with Gasteiger partial charge in [0.25, 0.3) is 5.91 Å². The van der Waals surface area contributed by atoms with Gasteiger partial charge in [0.05, 0.1) is 11.9 Å². The van der Waals surface area contributed by atoms with Gasteiger partial charge in [-0.3, -0.25) is 4.79 Å². The first-order valence-corrected chi connectivity index (χ1v) is 7.42. The van der Waals surface area contributed by atoms with E-state index >= 15 is 0 Å². The summed E-state index contributed by atoms with van der Waals surface area (Å²) in [6, 6.07) is 9.78. The molecular formula is C17H21FN4O. The quantitative estimate of drug-likeness (QED) is 0.821. The predicted molar refractivity (Wildman–Crippen MR) is 88.9 cm³/mol. The minimum absolute atomic E-state index is 0.183. The SMILES string of the molecule is CN(C)CCNC(=O)c1ccc(NCc2ccc(F)cc2)cn1. The van der Waals surface area contributed by atoms with Crippen LogP contribution in [0.4, 0.5) is 10.1 Å². The fraction of sp³-hybridized carbons (Fsp3) is 0.294. The van der Waals surface area contributed by atoms with Gasteiger partial charge in [0.2, 0.25) is 0 Å². The summed E-state index contributed by atoms with van der Waals surface area (Å²) in [5.74, 6) is -0.433. The van der Waals surface area contributed by atoms with E-state index in [0.717, 1.165) is 17.8 Å². The van der Waals surface area contributed by atoms with Gasteiger partial charge in [-0.2, -0.15) is 0 Å². The van der Waals surface area contributed by atoms with E-state index in [4.69, 9.17) is 0 Å². The first-order chi connectivity index (χ1) is 11.0. The first kappa shape index (κ1) is 16.9. The number of carbonyl (C=O) groups excluding carboxylic acids is 1. The highest BCUT2D eigenvalue weighted by Gasteiger charge is 2.06. The Morgan fingerprint density at radius 2 is 1.91 bits per heavy atom. The highest BCUT2D eigenvalue weighted by molar-refractivity contribution is 5.92. The Kier molecular flexibility index (Phi) is 6.05. The van der Waals surface area contributed by atoms with Crippen LogP contribution >= 0.6 is 0 Å². The van der Waals surface area contributed by atoms with Crippen LogP contribution in [-0.4, -0.2) is 43.0 Å². The third-order valence-electron chi connectivity index (χ3n) is 3.25. The molecule has 2 rings (SSSR count). The zero-order chi connectivity index (χ0) is 16.7. The molecule has 1 heterocycles. The third-order valence-corrected chi connectivity index (χ3v) is 3.25. The number of anilines is 1. The van der Waals surface area contributed by atoms with Crippen molar-refractivity contribution in [2.24, 2.45) is 0 Å². The van der Waals surface area contributed by atoms with E-state index in [1.54, 1.807) is 30.5 Å². The standard InChI is InChI=1S/C17H21FN4O/c1-22(2)10-9-19-17(23)16-8-7-15(12-21-16)20-11-13-3-5-14(18)6-4-13/h3-8,12,20H,9-11H2,1-2H3,(H,19,23). The molecule has 0 saturated carbocycles. The van der Waals surface area contributed by atoms with Gasteiger partial charge in [-0.1, -0.05) is 12.1 Å². The van der Waals surface area contributed by atoms with Crippen molar-refractivity contribution in [1.29, 1.82) is 0 Å². The molecule has 1 aromatic heterocycles. The van der Waals surface area contributed by atoms with Crippen LogP contribution in [0.5, 0.6) is 0 Å². The Labute approximate surface area is 135 Å². The van der Waals surface area contributed by atoms with Crippen molar-refractivity contribution in [2.75, 3.05) is 32.5 Å². The summed E-state index contributed by atoms with van der Waals surface area (Å²) in [6.07, 6.45) is 1.62. The Bertz CT molecular complexity index is 626. The number of nitrogens with one attached hydrogen (secondary N) is 2. The number of benzene rings is 1. The molecule has 1 aromatic carbocycles. The molecule has 0 spiro atoms. The summed E-state index contributed by atoms with van der Waals surface area (Å²) < 4.78 is 12.8. The molecule has 0 aliphatic heterocycles. The van der Waals surface area contributed by atoms with Crippen LogP contribution in [0.15, 0.2) is 42.6 Å². The van der Waals surface area contributed by atoms with Crippen molar-refractivity contribution in [3.63, 3.8) is 0 Å². The number of aromatic nitrogens is 1. The third kappa shape index (κ3) is 5.67. The lowest BCUT2D eigenvalue weighted by Gasteiger charge is -2.10. The smallest absolute Gasteiger partial charge is 0.269 e. The van der Waals surface area contributed by atoms with Gasteiger partial charge >= 0.3 is 0 Å². The maximum atomic E-state index is 12.8. The molecule has 0 aliphatic carbocycles. The zero-order valence-electron chi connectivity index (χ0n) is 13.3. The van der Waals surface area contributed by atoms with Gasteiger partial charge in [0.15, 0.2) is 0 Å². The lowest BCUT2D eigenvalue weighted by atomic mass is 10.2. The maximum absolute atomic E-state index is 12.8. The highest BCUT2D eigenvalue weighted by Crippen LogP contribution is 2.09. The summed E-state index contributed by atoms with van der Waals surface area (Å²) in [6.45, 7) is 1.93. The first-order valence-electron chi connectivity index (χ1n) is 7.42. The van der Waals surface area contributed by atoms with Gasteiger partial charge < -0.3 is 15.5 Å². The molecule has 2 aromatic rings. The van der Waals surface area contributed by atoms with Crippen LogP contribution < -0.4 is 10.6 Å². The van der Waals surface area contributed by atoms with E-state index in [1.165, 1.54) is 12.1 Å². The van der Waals surface area contributed by atoms with E-state index in [0.29, 0.717) is 18.8 Å². The fourth-order valence-corrected chi connectivity index (χ4v) is 1.92. The lowest BCUT2D eigenvalue weighted by Crippen LogP contribution is -2.31. The largest absolute Gasteiger partial charge is 0.380 e. The van der Waals surface area contributed by atoms with Crippen molar-refractivity contribution in [3.8, 4) is 0 Å². The Morgan fingerprint density at radius 1 is 1.17 bits per heavy atom. The second-order valence-electron chi connectivity index (χ2n) is 5.47. The summed E-state index contributed by atoms with van der Waals surface area (Å²) in [5, 5.41) is 6.00. The van der Waals surface area contributed by atoms with Gasteiger partial charge in [-0.15, -0.1) is 0 Å². The number of hydrogen-bond donors (Lipinski definition) is 2.